The van der Waals surface area contributed by atoms with E-state index in [0.29, 0.717) is 0 Å². The van der Waals surface area contributed by atoms with E-state index in [9.17, 15) is 9.59 Å². The Kier molecular flexibility index (Phi) is 15.0. The van der Waals surface area contributed by atoms with E-state index in [2.05, 4.69) is 5.73 Å². The topological polar surface area (TPSA) is 101 Å². The lowest BCUT2D eigenvalue weighted by molar-refractivity contribution is -0.138. The Morgan fingerprint density at radius 3 is 1.25 bits per heavy atom. The molecule has 0 amide bonds. The maximum Gasteiger partial charge on any atom is 0.303 e. The third kappa shape index (κ3) is 18.6. The second-order valence-corrected chi connectivity index (χ2v) is 3.41. The Labute approximate surface area is 96.6 Å². The van der Waals surface area contributed by atoms with Crippen LogP contribution in [-0.4, -0.2) is 29.2 Å². The highest BCUT2D eigenvalue weighted by Gasteiger charge is 1.98. The van der Waals surface area contributed by atoms with E-state index in [4.69, 9.17) is 10.2 Å². The van der Waals surface area contributed by atoms with Gasteiger partial charge in [-0.25, -0.2) is 0 Å². The molecule has 0 aliphatic carbocycles. The lowest BCUT2D eigenvalue weighted by Crippen LogP contribution is -1.94. The van der Waals surface area contributed by atoms with Crippen molar-refractivity contribution in [1.29, 1.82) is 0 Å². The van der Waals surface area contributed by atoms with Gasteiger partial charge in [-0.15, -0.1) is 0 Å². The number of hydrogen-bond donors (Lipinski definition) is 3. The Hall–Kier alpha value is -1.10. The van der Waals surface area contributed by atoms with Gasteiger partial charge < -0.3 is 15.9 Å². The van der Waals surface area contributed by atoms with E-state index < -0.39 is 11.9 Å². The highest BCUT2D eigenvalue weighted by molar-refractivity contribution is 5.66. The quantitative estimate of drug-likeness (QED) is 0.528. The molecule has 0 saturated heterocycles. The van der Waals surface area contributed by atoms with Gasteiger partial charge in [-0.1, -0.05) is 25.7 Å². The maximum atomic E-state index is 10.1. The molecular weight excluding hydrogens is 210 g/mol. The molecule has 0 aromatic heterocycles. The first-order chi connectivity index (χ1) is 7.63. The average Bonchev–Trinajstić information content (AvgIpc) is 2.24. The van der Waals surface area contributed by atoms with Crippen molar-refractivity contribution in [1.82, 2.24) is 0 Å². The minimum Gasteiger partial charge on any atom is -0.481 e. The summed E-state index contributed by atoms with van der Waals surface area (Å²) in [5.41, 5.74) is 4.50. The standard InChI is InChI=1S/C10H18O4.CH5N/c11-9(12)7-5-3-1-2-4-6-8-10(13)14;1-2/h1-8H2,(H,11,12)(H,13,14);2H2,1H3. The zero-order valence-electron chi connectivity index (χ0n) is 9.95. The fourth-order valence-electron chi connectivity index (χ4n) is 1.26. The van der Waals surface area contributed by atoms with Gasteiger partial charge in [0.25, 0.3) is 0 Å². The van der Waals surface area contributed by atoms with Crippen LogP contribution in [0.25, 0.3) is 0 Å². The van der Waals surface area contributed by atoms with E-state index >= 15 is 0 Å². The van der Waals surface area contributed by atoms with Gasteiger partial charge in [-0.3, -0.25) is 9.59 Å². The molecule has 0 fully saturated rings. The summed E-state index contributed by atoms with van der Waals surface area (Å²) in [6.45, 7) is 0. The third-order valence-electron chi connectivity index (χ3n) is 2.03. The molecule has 0 aromatic rings. The SMILES string of the molecule is CN.O=C(O)CCCCCCCCC(=O)O. The van der Waals surface area contributed by atoms with E-state index in [1.165, 1.54) is 7.05 Å². The van der Waals surface area contributed by atoms with Crippen molar-refractivity contribution in [2.45, 2.75) is 51.4 Å². The smallest absolute Gasteiger partial charge is 0.303 e. The number of nitrogens with two attached hydrogens (primary N) is 1. The van der Waals surface area contributed by atoms with Gasteiger partial charge >= 0.3 is 11.9 Å². The van der Waals surface area contributed by atoms with Crippen molar-refractivity contribution < 1.29 is 19.8 Å². The Balaban J connectivity index is 0. The summed E-state index contributed by atoms with van der Waals surface area (Å²) in [5, 5.41) is 16.7. The summed E-state index contributed by atoms with van der Waals surface area (Å²) in [6, 6.07) is 0. The first kappa shape index (κ1) is 17.3. The fraction of sp³-hybridized carbons (Fsp3) is 0.818. The van der Waals surface area contributed by atoms with Gasteiger partial charge in [-0.2, -0.15) is 0 Å². The summed E-state index contributed by atoms with van der Waals surface area (Å²) in [5.74, 6) is -1.48. The number of carboxylic acid groups (broad SMARTS) is 2. The number of carbonyl (C=O) groups is 2. The van der Waals surface area contributed by atoms with Crippen molar-refractivity contribution in [2.24, 2.45) is 5.73 Å². The summed E-state index contributed by atoms with van der Waals surface area (Å²) in [6.07, 6.45) is 5.82. The van der Waals surface area contributed by atoms with Gasteiger partial charge in [0.2, 0.25) is 0 Å². The summed E-state index contributed by atoms with van der Waals surface area (Å²) < 4.78 is 0. The van der Waals surface area contributed by atoms with Crippen molar-refractivity contribution in [3.05, 3.63) is 0 Å². The molecule has 5 nitrogen and oxygen atoms in total. The van der Waals surface area contributed by atoms with Gasteiger partial charge in [0.05, 0.1) is 0 Å². The molecule has 0 heterocycles. The highest BCUT2D eigenvalue weighted by atomic mass is 16.4. The van der Waals surface area contributed by atoms with Crippen LogP contribution in [-0.2, 0) is 9.59 Å². The van der Waals surface area contributed by atoms with Crippen LogP contribution in [0.3, 0.4) is 0 Å². The molecule has 5 heteroatoms. The summed E-state index contributed by atoms with van der Waals surface area (Å²) >= 11 is 0. The Morgan fingerprint density at radius 2 is 1.00 bits per heavy atom. The van der Waals surface area contributed by atoms with E-state index in [0.717, 1.165) is 38.5 Å². The van der Waals surface area contributed by atoms with Crippen LogP contribution in [0.2, 0.25) is 0 Å². The van der Waals surface area contributed by atoms with Crippen LogP contribution < -0.4 is 5.73 Å². The number of unbranched alkanes of at least 4 members (excludes halogenated alkanes) is 5. The third-order valence-corrected chi connectivity index (χ3v) is 2.03. The number of carboxylic acids is 2. The molecule has 0 radical (unpaired) electrons. The maximum absolute atomic E-state index is 10.1. The first-order valence-corrected chi connectivity index (χ1v) is 5.64. The molecular formula is C11H23NO4. The fourth-order valence-corrected chi connectivity index (χ4v) is 1.26. The van der Waals surface area contributed by atoms with Crippen LogP contribution in [0, 0.1) is 0 Å². The second kappa shape index (κ2) is 13.9. The monoisotopic (exact) mass is 233 g/mol. The molecule has 4 N–H and O–H groups in total. The highest BCUT2D eigenvalue weighted by Crippen LogP contribution is 2.08. The second-order valence-electron chi connectivity index (χ2n) is 3.41. The normalized spacial score (nSPS) is 9.12. The van der Waals surface area contributed by atoms with Crippen LogP contribution >= 0.6 is 0 Å². The van der Waals surface area contributed by atoms with Crippen LogP contribution in [0.5, 0.6) is 0 Å². The van der Waals surface area contributed by atoms with E-state index in [1.54, 1.807) is 0 Å². The first-order valence-electron chi connectivity index (χ1n) is 5.64. The predicted molar refractivity (Wildman–Crippen MR) is 62.3 cm³/mol. The molecule has 96 valence electrons. The zero-order chi connectivity index (χ0) is 12.8. The molecule has 0 spiro atoms. The molecule has 0 aromatic carbocycles. The molecule has 0 aliphatic rings. The van der Waals surface area contributed by atoms with Gasteiger partial charge in [0, 0.05) is 12.8 Å². The largest absolute Gasteiger partial charge is 0.481 e. The number of aliphatic carboxylic acids is 2. The molecule has 0 atom stereocenters. The van der Waals surface area contributed by atoms with Gasteiger partial charge in [0.1, 0.15) is 0 Å². The van der Waals surface area contributed by atoms with Crippen molar-refractivity contribution >= 4 is 11.9 Å². The molecule has 0 unspecified atom stereocenters. The zero-order valence-corrected chi connectivity index (χ0v) is 9.95. The minimum absolute atomic E-state index is 0.245. The van der Waals surface area contributed by atoms with Gasteiger partial charge in [0.15, 0.2) is 0 Å². The summed E-state index contributed by atoms with van der Waals surface area (Å²) in [7, 11) is 1.50. The number of rotatable bonds is 9. The van der Waals surface area contributed by atoms with Crippen molar-refractivity contribution in [3.63, 3.8) is 0 Å². The molecule has 16 heavy (non-hydrogen) atoms. The average molecular weight is 233 g/mol. The van der Waals surface area contributed by atoms with E-state index in [-0.39, 0.29) is 12.8 Å². The lowest BCUT2D eigenvalue weighted by atomic mass is 10.1. The van der Waals surface area contributed by atoms with Crippen molar-refractivity contribution in [2.75, 3.05) is 7.05 Å². The predicted octanol–water partition coefficient (Wildman–Crippen LogP) is 1.85. The van der Waals surface area contributed by atoms with Crippen molar-refractivity contribution in [3.8, 4) is 0 Å². The van der Waals surface area contributed by atoms with Gasteiger partial charge in [-0.05, 0) is 19.9 Å². The molecule has 0 aliphatic heterocycles. The minimum atomic E-state index is -0.740. The molecule has 0 bridgehead atoms. The van der Waals surface area contributed by atoms with Crippen LogP contribution in [0.1, 0.15) is 51.4 Å². The molecule has 0 saturated carbocycles. The van der Waals surface area contributed by atoms with E-state index in [1.807, 2.05) is 0 Å². The van der Waals surface area contributed by atoms with Crippen LogP contribution in [0.4, 0.5) is 0 Å². The molecule has 0 rings (SSSR count). The Bertz CT molecular complexity index is 163. The Morgan fingerprint density at radius 1 is 0.750 bits per heavy atom. The van der Waals surface area contributed by atoms with Crippen LogP contribution in [0.15, 0.2) is 0 Å². The lowest BCUT2D eigenvalue weighted by Gasteiger charge is -1.98. The number of hydrogen-bond acceptors (Lipinski definition) is 3. The summed E-state index contributed by atoms with van der Waals surface area (Å²) in [4.78, 5) is 20.3.